The molecular formula is C23H26N2O4S2. The van der Waals surface area contributed by atoms with Crippen molar-refractivity contribution in [2.24, 2.45) is 0 Å². The highest BCUT2D eigenvalue weighted by atomic mass is 32.2. The van der Waals surface area contributed by atoms with Gasteiger partial charge in [0, 0.05) is 48.5 Å². The predicted octanol–water partition coefficient (Wildman–Crippen LogP) is 3.95. The molecule has 0 saturated carbocycles. The van der Waals surface area contributed by atoms with Crippen molar-refractivity contribution in [2.75, 3.05) is 26.2 Å². The summed E-state index contributed by atoms with van der Waals surface area (Å²) in [5.74, 6) is 0.0676. The number of carbonyl (C=O) groups excluding carboxylic acids is 2. The first-order chi connectivity index (χ1) is 14.9. The Hall–Kier alpha value is -1.84. The summed E-state index contributed by atoms with van der Waals surface area (Å²) in [5, 5.41) is 0. The van der Waals surface area contributed by atoms with Crippen LogP contribution in [-0.2, 0) is 15.7 Å². The number of piperidine rings is 1. The second-order valence-electron chi connectivity index (χ2n) is 7.83. The second kappa shape index (κ2) is 9.34. The van der Waals surface area contributed by atoms with Crippen LogP contribution in [0.4, 0.5) is 0 Å². The van der Waals surface area contributed by atoms with Gasteiger partial charge in [0.25, 0.3) is 0 Å². The summed E-state index contributed by atoms with van der Waals surface area (Å²) >= 11 is 1.66. The Morgan fingerprint density at radius 2 is 1.45 bits per heavy atom. The molecule has 0 aliphatic carbocycles. The molecule has 2 aliphatic rings. The van der Waals surface area contributed by atoms with E-state index >= 15 is 0 Å². The summed E-state index contributed by atoms with van der Waals surface area (Å²) in [6.45, 7) is 5.94. The van der Waals surface area contributed by atoms with Gasteiger partial charge in [-0.2, -0.15) is 0 Å². The molecule has 8 heteroatoms. The summed E-state index contributed by atoms with van der Waals surface area (Å²) in [5.41, 5.74) is 0.980. The first-order valence-corrected chi connectivity index (χ1v) is 12.2. The minimum atomic E-state index is -1.26. The third-order valence-electron chi connectivity index (χ3n) is 5.80. The van der Waals surface area contributed by atoms with Gasteiger partial charge in [-0.1, -0.05) is 24.3 Å². The van der Waals surface area contributed by atoms with Crippen LogP contribution < -0.4 is 0 Å². The molecule has 1 spiro atoms. The summed E-state index contributed by atoms with van der Waals surface area (Å²) in [7, 11) is -1.26. The number of ether oxygens (including phenoxy) is 1. The lowest BCUT2D eigenvalue weighted by atomic mass is 10.0. The van der Waals surface area contributed by atoms with Crippen molar-refractivity contribution in [1.82, 2.24) is 8.61 Å². The molecule has 0 N–H and O–H groups in total. The van der Waals surface area contributed by atoms with E-state index < -0.39 is 11.0 Å². The maximum atomic E-state index is 13.0. The monoisotopic (exact) mass is 458 g/mol. The second-order valence-corrected chi connectivity index (χ2v) is 10.4. The number of nitrogens with zero attached hydrogens (tertiary/aromatic N) is 2. The van der Waals surface area contributed by atoms with Crippen molar-refractivity contribution in [2.45, 2.75) is 42.2 Å². The fraction of sp³-hybridized carbons (Fsp3) is 0.391. The van der Waals surface area contributed by atoms with E-state index in [-0.39, 0.29) is 17.3 Å². The Kier molecular flexibility index (Phi) is 6.74. The van der Waals surface area contributed by atoms with Gasteiger partial charge in [-0.25, -0.2) is 12.8 Å². The van der Waals surface area contributed by atoms with Crippen LogP contribution in [0.15, 0.2) is 58.3 Å². The Morgan fingerprint density at radius 3 is 2.00 bits per heavy atom. The van der Waals surface area contributed by atoms with Gasteiger partial charge in [-0.15, -0.1) is 0 Å². The van der Waals surface area contributed by atoms with Crippen molar-refractivity contribution in [3.63, 3.8) is 0 Å². The van der Waals surface area contributed by atoms with Crippen LogP contribution >= 0.6 is 11.9 Å². The lowest BCUT2D eigenvalue weighted by Crippen LogP contribution is -2.51. The summed E-state index contributed by atoms with van der Waals surface area (Å²) in [6.07, 6.45) is 1.53. The van der Waals surface area contributed by atoms with Gasteiger partial charge >= 0.3 is 0 Å². The van der Waals surface area contributed by atoms with Gasteiger partial charge in [0.05, 0.1) is 11.5 Å². The lowest BCUT2D eigenvalue weighted by Gasteiger charge is -2.42. The Morgan fingerprint density at radius 1 is 0.903 bits per heavy atom. The van der Waals surface area contributed by atoms with Gasteiger partial charge in [-0.05, 0) is 50.1 Å². The molecule has 1 unspecified atom stereocenters. The molecule has 2 saturated heterocycles. The van der Waals surface area contributed by atoms with E-state index in [2.05, 4.69) is 4.31 Å². The quantitative estimate of drug-likeness (QED) is 0.482. The molecule has 2 aliphatic heterocycles. The fourth-order valence-corrected chi connectivity index (χ4v) is 6.21. The average Bonchev–Trinajstić information content (AvgIpc) is 3.15. The van der Waals surface area contributed by atoms with Crippen LogP contribution in [0.3, 0.4) is 0 Å². The van der Waals surface area contributed by atoms with Crippen molar-refractivity contribution >= 4 is 34.5 Å². The number of Topliss-reactive ketones (excluding diaryl/α,β-unsaturated/α-hetero) is 2. The van der Waals surface area contributed by atoms with E-state index in [1.54, 1.807) is 43.1 Å². The van der Waals surface area contributed by atoms with Gasteiger partial charge in [0.2, 0.25) is 0 Å². The number of hydrogen-bond donors (Lipinski definition) is 0. The van der Waals surface area contributed by atoms with Crippen molar-refractivity contribution in [3.05, 3.63) is 59.7 Å². The molecule has 4 rings (SSSR count). The lowest BCUT2D eigenvalue weighted by molar-refractivity contribution is -0.0771. The third kappa shape index (κ3) is 4.83. The molecule has 0 radical (unpaired) electrons. The minimum absolute atomic E-state index is 0.00385. The van der Waals surface area contributed by atoms with Crippen LogP contribution in [0.25, 0.3) is 0 Å². The topological polar surface area (TPSA) is 66.9 Å². The van der Waals surface area contributed by atoms with E-state index in [1.165, 1.54) is 6.92 Å². The van der Waals surface area contributed by atoms with E-state index in [1.807, 2.05) is 28.6 Å². The van der Waals surface area contributed by atoms with Crippen LogP contribution in [0, 0.1) is 0 Å². The van der Waals surface area contributed by atoms with Crippen molar-refractivity contribution < 1.29 is 18.5 Å². The Bertz CT molecular complexity index is 984. The molecule has 6 nitrogen and oxygen atoms in total. The number of hydrogen-bond acceptors (Lipinski definition) is 6. The Labute approximate surface area is 189 Å². The average molecular weight is 459 g/mol. The first kappa shape index (κ1) is 22.4. The molecule has 164 valence electrons. The molecule has 2 aromatic rings. The normalized spacial score (nSPS) is 20.1. The molecule has 0 bridgehead atoms. The van der Waals surface area contributed by atoms with E-state index in [9.17, 15) is 13.8 Å². The van der Waals surface area contributed by atoms with Crippen LogP contribution in [0.5, 0.6) is 0 Å². The largest absolute Gasteiger partial charge is 0.358 e. The maximum Gasteiger partial charge on any atom is 0.159 e. The van der Waals surface area contributed by atoms with Crippen molar-refractivity contribution in [1.29, 1.82) is 0 Å². The first-order valence-electron chi connectivity index (χ1n) is 10.4. The number of ketones is 2. The van der Waals surface area contributed by atoms with Gasteiger partial charge in [0.15, 0.2) is 11.6 Å². The molecule has 31 heavy (non-hydrogen) atoms. The predicted molar refractivity (Wildman–Crippen MR) is 121 cm³/mol. The highest BCUT2D eigenvalue weighted by Crippen LogP contribution is 2.41. The zero-order valence-corrected chi connectivity index (χ0v) is 19.3. The van der Waals surface area contributed by atoms with Crippen LogP contribution in [-0.4, -0.2) is 56.4 Å². The number of benzene rings is 2. The van der Waals surface area contributed by atoms with Crippen LogP contribution in [0.1, 0.15) is 47.4 Å². The molecule has 2 heterocycles. The SMILES string of the molecule is CC(=O)c1ccc(SN2CCOC23CCN(S(=O)c2ccc(C(C)=O)cc2)CC3)cc1. The van der Waals surface area contributed by atoms with E-state index in [4.69, 9.17) is 4.74 Å². The fourth-order valence-electron chi connectivity index (χ4n) is 3.95. The molecule has 0 amide bonds. The summed E-state index contributed by atoms with van der Waals surface area (Å²) in [6, 6.07) is 14.7. The van der Waals surface area contributed by atoms with Crippen molar-refractivity contribution in [3.8, 4) is 0 Å². The van der Waals surface area contributed by atoms with Gasteiger partial charge < -0.3 is 4.74 Å². The number of rotatable bonds is 6. The van der Waals surface area contributed by atoms with E-state index in [0.29, 0.717) is 35.7 Å². The van der Waals surface area contributed by atoms with E-state index in [0.717, 1.165) is 24.3 Å². The molecule has 2 aromatic carbocycles. The standard InChI is InChI=1S/C23H26N2O4S2/c1-17(26)19-3-7-21(8-4-19)30-25-15-16-29-23(25)11-13-24(14-12-23)31(28)22-9-5-20(6-10-22)18(2)27/h3-10H,11-16H2,1-2H3. The molecule has 1 atom stereocenters. The molecule has 0 aromatic heterocycles. The van der Waals surface area contributed by atoms with Gasteiger partial charge in [-0.3, -0.25) is 9.59 Å². The minimum Gasteiger partial charge on any atom is -0.358 e. The number of carbonyl (C=O) groups is 2. The molecular weight excluding hydrogens is 432 g/mol. The Balaban J connectivity index is 1.39. The highest BCUT2D eigenvalue weighted by molar-refractivity contribution is 7.97. The maximum absolute atomic E-state index is 13.0. The summed E-state index contributed by atoms with van der Waals surface area (Å²) < 4.78 is 23.5. The highest BCUT2D eigenvalue weighted by Gasteiger charge is 2.46. The summed E-state index contributed by atoms with van der Waals surface area (Å²) in [4.78, 5) is 24.7. The van der Waals surface area contributed by atoms with Crippen LogP contribution in [0.2, 0.25) is 0 Å². The smallest absolute Gasteiger partial charge is 0.159 e. The zero-order valence-electron chi connectivity index (χ0n) is 17.7. The zero-order chi connectivity index (χ0) is 22.0. The van der Waals surface area contributed by atoms with Gasteiger partial charge in [0.1, 0.15) is 16.7 Å². The third-order valence-corrected chi connectivity index (χ3v) is 8.53. The molecule has 2 fully saturated rings.